The van der Waals surface area contributed by atoms with Gasteiger partial charge in [-0.3, -0.25) is 19.4 Å². The minimum Gasteiger partial charge on any atom is -0.348 e. The van der Waals surface area contributed by atoms with Crippen LogP contribution in [0, 0.1) is 12.7 Å². The average Bonchev–Trinajstić information content (AvgIpc) is 2.71. The molecule has 0 aromatic heterocycles. The monoisotopic (exact) mass is 412 g/mol. The molecule has 1 aliphatic heterocycles. The maximum atomic E-state index is 13.0. The van der Waals surface area contributed by atoms with Gasteiger partial charge in [0.1, 0.15) is 5.82 Å². The van der Waals surface area contributed by atoms with Crippen LogP contribution in [0.1, 0.15) is 24.1 Å². The quantitative estimate of drug-likeness (QED) is 0.734. The van der Waals surface area contributed by atoms with Crippen molar-refractivity contribution in [3.05, 3.63) is 65.5 Å². The second-order valence-corrected chi connectivity index (χ2v) is 7.81. The fraction of sp³-hybridized carbons (Fsp3) is 0.391. The summed E-state index contributed by atoms with van der Waals surface area (Å²) >= 11 is 0. The summed E-state index contributed by atoms with van der Waals surface area (Å²) in [5.74, 6) is -0.377. The van der Waals surface area contributed by atoms with E-state index in [-0.39, 0.29) is 23.7 Å². The van der Waals surface area contributed by atoms with Gasteiger partial charge in [0, 0.05) is 31.9 Å². The van der Waals surface area contributed by atoms with Crippen molar-refractivity contribution in [1.82, 2.24) is 15.1 Å². The molecular weight excluding hydrogens is 383 g/mol. The molecule has 1 heterocycles. The zero-order valence-corrected chi connectivity index (χ0v) is 17.5. The van der Waals surface area contributed by atoms with E-state index in [1.54, 1.807) is 12.1 Å². The second-order valence-electron chi connectivity index (χ2n) is 7.81. The fourth-order valence-electron chi connectivity index (χ4n) is 3.47. The first-order chi connectivity index (χ1) is 14.4. The third kappa shape index (κ3) is 6.64. The number of carbonyl (C=O) groups excluding carboxylic acids is 2. The molecule has 0 bridgehead atoms. The Kier molecular flexibility index (Phi) is 7.54. The van der Waals surface area contributed by atoms with Gasteiger partial charge in [0.2, 0.25) is 11.8 Å². The Balaban J connectivity index is 1.37. The molecule has 0 saturated carbocycles. The van der Waals surface area contributed by atoms with Crippen molar-refractivity contribution >= 4 is 17.5 Å². The Labute approximate surface area is 177 Å². The zero-order valence-electron chi connectivity index (χ0n) is 17.5. The number of rotatable bonds is 7. The predicted octanol–water partition coefficient (Wildman–Crippen LogP) is 2.57. The van der Waals surface area contributed by atoms with Crippen LogP contribution >= 0.6 is 0 Å². The molecule has 1 aliphatic rings. The summed E-state index contributed by atoms with van der Waals surface area (Å²) in [6.45, 7) is 7.49. The van der Waals surface area contributed by atoms with Crippen molar-refractivity contribution in [2.24, 2.45) is 0 Å². The SMILES string of the molecule is Cc1ccc(NC(=O)CN2CCN(CC(=O)N[C@@H](C)c3ccc(F)cc3)CC2)cc1. The highest BCUT2D eigenvalue weighted by Crippen LogP contribution is 2.13. The Bertz CT molecular complexity index is 847. The van der Waals surface area contributed by atoms with Crippen molar-refractivity contribution < 1.29 is 14.0 Å². The van der Waals surface area contributed by atoms with Gasteiger partial charge >= 0.3 is 0 Å². The highest BCUT2D eigenvalue weighted by atomic mass is 19.1. The molecule has 2 aromatic rings. The summed E-state index contributed by atoms with van der Waals surface area (Å²) in [6, 6.07) is 13.7. The van der Waals surface area contributed by atoms with E-state index in [0.717, 1.165) is 43.0 Å². The van der Waals surface area contributed by atoms with Crippen LogP contribution in [0.5, 0.6) is 0 Å². The summed E-state index contributed by atoms with van der Waals surface area (Å²) in [4.78, 5) is 28.8. The molecule has 1 saturated heterocycles. The van der Waals surface area contributed by atoms with Crippen LogP contribution in [0.15, 0.2) is 48.5 Å². The molecule has 7 heteroatoms. The number of aryl methyl sites for hydroxylation is 1. The molecule has 0 spiro atoms. The van der Waals surface area contributed by atoms with E-state index in [1.807, 2.05) is 38.1 Å². The van der Waals surface area contributed by atoms with Gasteiger partial charge in [0.25, 0.3) is 0 Å². The predicted molar refractivity (Wildman–Crippen MR) is 116 cm³/mol. The van der Waals surface area contributed by atoms with Crippen molar-refractivity contribution in [2.75, 3.05) is 44.6 Å². The third-order valence-electron chi connectivity index (χ3n) is 5.28. The molecule has 2 N–H and O–H groups in total. The molecule has 3 rings (SSSR count). The standard InChI is InChI=1S/C23H29FN4O2/c1-17-3-9-21(10-4-17)26-23(30)16-28-13-11-27(12-14-28)15-22(29)25-18(2)19-5-7-20(24)8-6-19/h3-10,18H,11-16H2,1-2H3,(H,25,29)(H,26,30)/t18-/m0/s1. The number of nitrogens with zero attached hydrogens (tertiary/aromatic N) is 2. The Morgan fingerprint density at radius 2 is 1.43 bits per heavy atom. The van der Waals surface area contributed by atoms with Crippen LogP contribution < -0.4 is 10.6 Å². The topological polar surface area (TPSA) is 64.7 Å². The maximum Gasteiger partial charge on any atom is 0.238 e. The zero-order chi connectivity index (χ0) is 21.5. The van der Waals surface area contributed by atoms with E-state index >= 15 is 0 Å². The van der Waals surface area contributed by atoms with Crippen LogP contribution in [0.3, 0.4) is 0 Å². The number of nitrogens with one attached hydrogen (secondary N) is 2. The lowest BCUT2D eigenvalue weighted by atomic mass is 10.1. The number of hydrogen-bond donors (Lipinski definition) is 2. The van der Waals surface area contributed by atoms with Crippen LogP contribution in [0.25, 0.3) is 0 Å². The molecule has 2 aromatic carbocycles. The van der Waals surface area contributed by atoms with Gasteiger partial charge in [-0.2, -0.15) is 0 Å². The average molecular weight is 413 g/mol. The van der Waals surface area contributed by atoms with Crippen molar-refractivity contribution in [1.29, 1.82) is 0 Å². The second kappa shape index (κ2) is 10.3. The summed E-state index contributed by atoms with van der Waals surface area (Å²) in [5.41, 5.74) is 2.82. The molecule has 0 unspecified atom stereocenters. The van der Waals surface area contributed by atoms with E-state index in [4.69, 9.17) is 0 Å². The number of carbonyl (C=O) groups is 2. The van der Waals surface area contributed by atoms with Gasteiger partial charge in [-0.25, -0.2) is 4.39 Å². The lowest BCUT2D eigenvalue weighted by molar-refractivity contribution is -0.124. The molecule has 2 amide bonds. The Morgan fingerprint density at radius 1 is 0.900 bits per heavy atom. The molecule has 160 valence electrons. The molecule has 1 atom stereocenters. The number of benzene rings is 2. The first-order valence-corrected chi connectivity index (χ1v) is 10.2. The van der Waals surface area contributed by atoms with Crippen LogP contribution in [0.4, 0.5) is 10.1 Å². The largest absolute Gasteiger partial charge is 0.348 e. The van der Waals surface area contributed by atoms with Crippen LogP contribution in [-0.2, 0) is 9.59 Å². The molecule has 0 aliphatic carbocycles. The molecule has 1 fully saturated rings. The molecule has 0 radical (unpaired) electrons. The number of piperazine rings is 1. The van der Waals surface area contributed by atoms with Crippen molar-refractivity contribution in [2.45, 2.75) is 19.9 Å². The first-order valence-electron chi connectivity index (χ1n) is 10.2. The Morgan fingerprint density at radius 3 is 2.00 bits per heavy atom. The first kappa shape index (κ1) is 21.9. The normalized spacial score (nSPS) is 16.1. The maximum absolute atomic E-state index is 13.0. The summed E-state index contributed by atoms with van der Waals surface area (Å²) < 4.78 is 13.0. The van der Waals surface area contributed by atoms with E-state index in [1.165, 1.54) is 12.1 Å². The summed E-state index contributed by atoms with van der Waals surface area (Å²) in [7, 11) is 0. The minimum atomic E-state index is -0.289. The molecular formula is C23H29FN4O2. The number of anilines is 1. The number of halogens is 1. The van der Waals surface area contributed by atoms with Crippen LogP contribution in [-0.4, -0.2) is 60.9 Å². The third-order valence-corrected chi connectivity index (χ3v) is 5.28. The lowest BCUT2D eigenvalue weighted by Crippen LogP contribution is -2.51. The van der Waals surface area contributed by atoms with Gasteiger partial charge in [0.05, 0.1) is 19.1 Å². The van der Waals surface area contributed by atoms with Crippen molar-refractivity contribution in [3.8, 4) is 0 Å². The van der Waals surface area contributed by atoms with Crippen LogP contribution in [0.2, 0.25) is 0 Å². The van der Waals surface area contributed by atoms with E-state index < -0.39 is 0 Å². The van der Waals surface area contributed by atoms with Crippen molar-refractivity contribution in [3.63, 3.8) is 0 Å². The highest BCUT2D eigenvalue weighted by Gasteiger charge is 2.21. The molecule has 30 heavy (non-hydrogen) atoms. The summed E-state index contributed by atoms with van der Waals surface area (Å²) in [6.07, 6.45) is 0. The van der Waals surface area contributed by atoms with E-state index in [9.17, 15) is 14.0 Å². The van der Waals surface area contributed by atoms with Gasteiger partial charge in [-0.1, -0.05) is 29.8 Å². The summed E-state index contributed by atoms with van der Waals surface area (Å²) in [5, 5.41) is 5.88. The van der Waals surface area contributed by atoms with Gasteiger partial charge in [-0.15, -0.1) is 0 Å². The van der Waals surface area contributed by atoms with E-state index in [0.29, 0.717) is 13.1 Å². The van der Waals surface area contributed by atoms with Gasteiger partial charge in [0.15, 0.2) is 0 Å². The number of amides is 2. The minimum absolute atomic E-state index is 0.0295. The fourth-order valence-corrected chi connectivity index (χ4v) is 3.47. The molecule has 6 nitrogen and oxygen atoms in total. The lowest BCUT2D eigenvalue weighted by Gasteiger charge is -2.34. The highest BCUT2D eigenvalue weighted by molar-refractivity contribution is 5.92. The number of hydrogen-bond acceptors (Lipinski definition) is 4. The Hall–Kier alpha value is -2.77. The smallest absolute Gasteiger partial charge is 0.238 e. The van der Waals surface area contributed by atoms with E-state index in [2.05, 4.69) is 20.4 Å². The van der Waals surface area contributed by atoms with Gasteiger partial charge < -0.3 is 10.6 Å². The van der Waals surface area contributed by atoms with Gasteiger partial charge in [-0.05, 0) is 43.7 Å².